The van der Waals surface area contributed by atoms with Gasteiger partial charge >= 0.3 is 5.97 Å². The molecule has 7 rings (SSSR count). The standard InChI is InChI=1S/C42H61NO12S2/c1-4-51-32(47)13-10-26-20-27-14-18-52-34(27)36-35(26)54-38-42(50)33-28(9-11-30(46)29(33)22-44)21-41(49,37(42)48)40(23-45,55-38)24-56-57-39(15-6-5-7-16-39)31(12-8-25(2)3)43-17-19-53-36/h9,11,14,18,20,25,28-31,33,37-38,43-46,48-50H,4-8,10,12-13,15-17,19,21-24H2,1-3H3. The number of hydrogen-bond donors (Lipinski definition) is 7. The number of aliphatic hydroxyl groups excluding tert-OH is 4. The lowest BCUT2D eigenvalue weighted by atomic mass is 9.51. The van der Waals surface area contributed by atoms with Crippen molar-refractivity contribution in [3.63, 3.8) is 0 Å². The first-order chi connectivity index (χ1) is 27.4. The number of fused-ring (bicyclic) bond motifs is 11. The van der Waals surface area contributed by atoms with Crippen molar-refractivity contribution in [1.29, 1.82) is 0 Å². The Balaban J connectivity index is 1.40. The van der Waals surface area contributed by atoms with Crippen LogP contribution < -0.4 is 14.8 Å². The third kappa shape index (κ3) is 7.76. The molecule has 3 heterocycles. The minimum absolute atomic E-state index is 0.00491. The molecule has 7 N–H and O–H groups in total. The average molecular weight is 836 g/mol. The van der Waals surface area contributed by atoms with Crippen LogP contribution in [-0.4, -0.2) is 121 Å². The van der Waals surface area contributed by atoms with Crippen molar-refractivity contribution in [3.8, 4) is 11.5 Å². The number of esters is 1. The van der Waals surface area contributed by atoms with E-state index in [9.17, 15) is 35.4 Å². The summed E-state index contributed by atoms with van der Waals surface area (Å²) >= 11 is 0. The number of aryl methyl sites for hydroxylation is 1. The SMILES string of the molecule is CCOC(=O)CCc1cc2ccoc2c2c1OC1OC(CO)(CSSC3(CCCCC3)C(CCC(C)C)NCCO2)C2(O)CC3C=CC(O)C(CO)C3C1(O)C2O. The van der Waals surface area contributed by atoms with Crippen molar-refractivity contribution in [3.05, 3.63) is 36.1 Å². The van der Waals surface area contributed by atoms with E-state index in [0.29, 0.717) is 29.0 Å². The van der Waals surface area contributed by atoms with E-state index in [-0.39, 0.29) is 60.5 Å². The number of furan rings is 1. The van der Waals surface area contributed by atoms with Gasteiger partial charge in [0.25, 0.3) is 0 Å². The van der Waals surface area contributed by atoms with Crippen molar-refractivity contribution in [2.24, 2.45) is 23.7 Å². The summed E-state index contributed by atoms with van der Waals surface area (Å²) in [6.07, 6.45) is 7.13. The fourth-order valence-electron chi connectivity index (χ4n) is 10.3. The van der Waals surface area contributed by atoms with Crippen molar-refractivity contribution < 1.29 is 58.8 Å². The van der Waals surface area contributed by atoms with E-state index in [0.717, 1.165) is 44.9 Å². The maximum Gasteiger partial charge on any atom is 0.306 e. The largest absolute Gasteiger partial charge is 0.485 e. The maximum absolute atomic E-state index is 13.1. The van der Waals surface area contributed by atoms with Crippen molar-refractivity contribution in [2.75, 3.05) is 38.7 Å². The van der Waals surface area contributed by atoms with Crippen LogP contribution in [0.15, 0.2) is 35.0 Å². The van der Waals surface area contributed by atoms with Crippen LogP contribution >= 0.6 is 21.6 Å². The molecule has 3 aliphatic carbocycles. The van der Waals surface area contributed by atoms with Crippen molar-refractivity contribution in [1.82, 2.24) is 5.32 Å². The van der Waals surface area contributed by atoms with E-state index in [1.807, 2.05) is 0 Å². The number of ether oxygens (including phenoxy) is 4. The molecule has 4 bridgehead atoms. The predicted octanol–water partition coefficient (Wildman–Crippen LogP) is 4.26. The van der Waals surface area contributed by atoms with E-state index in [4.69, 9.17) is 23.4 Å². The van der Waals surface area contributed by atoms with E-state index in [1.165, 1.54) is 17.1 Å². The fourth-order valence-corrected chi connectivity index (χ4v) is 14.2. The molecule has 10 unspecified atom stereocenters. The monoisotopic (exact) mass is 835 g/mol. The molecule has 2 saturated carbocycles. The Morgan fingerprint density at radius 2 is 1.89 bits per heavy atom. The average Bonchev–Trinajstić information content (AvgIpc) is 3.66. The van der Waals surface area contributed by atoms with Crippen LogP contribution in [0.4, 0.5) is 0 Å². The number of carbonyl (C=O) groups is 1. The van der Waals surface area contributed by atoms with Gasteiger partial charge in [0.1, 0.15) is 23.9 Å². The highest BCUT2D eigenvalue weighted by Gasteiger charge is 2.76. The molecular weight excluding hydrogens is 775 g/mol. The summed E-state index contributed by atoms with van der Waals surface area (Å²) in [6, 6.07) is 3.71. The third-order valence-electron chi connectivity index (χ3n) is 13.3. The van der Waals surface area contributed by atoms with Crippen LogP contribution in [0.25, 0.3) is 11.0 Å². The van der Waals surface area contributed by atoms with Gasteiger partial charge in [-0.25, -0.2) is 0 Å². The smallest absolute Gasteiger partial charge is 0.306 e. The molecule has 1 aromatic heterocycles. The van der Waals surface area contributed by atoms with Crippen LogP contribution in [0.5, 0.6) is 11.5 Å². The minimum atomic E-state index is -2.43. The highest BCUT2D eigenvalue weighted by Crippen LogP contribution is 2.61. The molecule has 1 aromatic carbocycles. The van der Waals surface area contributed by atoms with Crippen LogP contribution in [0.3, 0.4) is 0 Å². The molecule has 5 aliphatic rings. The van der Waals surface area contributed by atoms with E-state index in [2.05, 4.69) is 19.2 Å². The Morgan fingerprint density at radius 3 is 2.61 bits per heavy atom. The Bertz CT molecular complexity index is 1730. The van der Waals surface area contributed by atoms with Gasteiger partial charge in [-0.2, -0.15) is 0 Å². The van der Waals surface area contributed by atoms with Crippen LogP contribution in [0.1, 0.15) is 84.1 Å². The minimum Gasteiger partial charge on any atom is -0.485 e. The molecule has 57 heavy (non-hydrogen) atoms. The molecule has 318 valence electrons. The summed E-state index contributed by atoms with van der Waals surface area (Å²) in [4.78, 5) is 12.7. The van der Waals surface area contributed by atoms with E-state index >= 15 is 0 Å². The topological polar surface area (TPSA) is 201 Å². The van der Waals surface area contributed by atoms with Gasteiger partial charge < -0.3 is 59.3 Å². The molecule has 0 radical (unpaired) electrons. The molecule has 10 atom stereocenters. The molecule has 0 amide bonds. The number of hydrogen-bond acceptors (Lipinski definition) is 15. The lowest BCUT2D eigenvalue weighted by molar-refractivity contribution is -0.416. The maximum atomic E-state index is 13.1. The molecule has 1 saturated heterocycles. The number of carbonyl (C=O) groups excluding carboxylic acids is 1. The predicted molar refractivity (Wildman–Crippen MR) is 217 cm³/mol. The number of aliphatic hydroxyl groups is 6. The lowest BCUT2D eigenvalue weighted by Gasteiger charge is -2.66. The zero-order valence-electron chi connectivity index (χ0n) is 33.3. The zero-order valence-corrected chi connectivity index (χ0v) is 34.9. The Kier molecular flexibility index (Phi) is 13.2. The van der Waals surface area contributed by atoms with Gasteiger partial charge in [0.2, 0.25) is 12.0 Å². The van der Waals surface area contributed by atoms with Gasteiger partial charge in [-0.15, -0.1) is 0 Å². The molecule has 3 fully saturated rings. The number of benzene rings is 1. The Morgan fingerprint density at radius 1 is 1.11 bits per heavy atom. The highest BCUT2D eigenvalue weighted by atomic mass is 33.1. The van der Waals surface area contributed by atoms with Crippen LogP contribution in [0.2, 0.25) is 0 Å². The van der Waals surface area contributed by atoms with E-state index < -0.39 is 72.2 Å². The van der Waals surface area contributed by atoms with Crippen LogP contribution in [-0.2, 0) is 20.7 Å². The zero-order chi connectivity index (χ0) is 40.6. The van der Waals surface area contributed by atoms with Gasteiger partial charge in [0.15, 0.2) is 16.9 Å². The van der Waals surface area contributed by atoms with Crippen LogP contribution in [0, 0.1) is 23.7 Å². The third-order valence-corrected chi connectivity index (χ3v) is 16.8. The van der Waals surface area contributed by atoms with Crippen molar-refractivity contribution in [2.45, 2.75) is 131 Å². The van der Waals surface area contributed by atoms with Gasteiger partial charge in [-0.05, 0) is 75.0 Å². The highest BCUT2D eigenvalue weighted by molar-refractivity contribution is 8.77. The first-order valence-electron chi connectivity index (χ1n) is 20.8. The number of allylic oxidation sites excluding steroid dienone is 1. The summed E-state index contributed by atoms with van der Waals surface area (Å²) in [7, 11) is 3.24. The Hall–Kier alpha value is -2.05. The molecule has 13 nitrogen and oxygen atoms in total. The van der Waals surface area contributed by atoms with Gasteiger partial charge in [-0.1, -0.05) is 66.8 Å². The summed E-state index contributed by atoms with van der Waals surface area (Å²) in [5.74, 6) is -2.23. The quantitative estimate of drug-likeness (QED) is 0.107. The van der Waals surface area contributed by atoms with Gasteiger partial charge in [0.05, 0.1) is 25.6 Å². The van der Waals surface area contributed by atoms with Crippen molar-refractivity contribution >= 4 is 38.5 Å². The summed E-state index contributed by atoms with van der Waals surface area (Å²) in [6.45, 7) is 5.87. The molecular formula is C42H61NO12S2. The van der Waals surface area contributed by atoms with Gasteiger partial charge in [0, 0.05) is 53.3 Å². The van der Waals surface area contributed by atoms with E-state index in [1.54, 1.807) is 42.0 Å². The second-order valence-corrected chi connectivity index (χ2v) is 19.9. The number of nitrogens with one attached hydrogen (secondary N) is 1. The second kappa shape index (κ2) is 17.5. The van der Waals surface area contributed by atoms with Gasteiger partial charge in [-0.3, -0.25) is 4.79 Å². The lowest BCUT2D eigenvalue weighted by Crippen LogP contribution is -2.85. The first-order valence-corrected chi connectivity index (χ1v) is 23.1. The molecule has 2 aliphatic heterocycles. The summed E-state index contributed by atoms with van der Waals surface area (Å²) < 4.78 is 31.3. The normalized spacial score (nSPS) is 36.7. The second-order valence-electron chi connectivity index (χ2n) is 17.2. The first kappa shape index (κ1) is 43.1. The molecule has 15 heteroatoms. The fraction of sp³-hybridized carbons (Fsp3) is 0.738. The molecule has 1 spiro atoms. The number of rotatable bonds is 9. The Labute approximate surface area is 342 Å². The molecule has 2 aromatic rings. The summed E-state index contributed by atoms with van der Waals surface area (Å²) in [5, 5.41) is 76.1. The summed E-state index contributed by atoms with van der Waals surface area (Å²) in [5.41, 5.74) is -5.58.